The molecular formula is C15H23ClN4O. The molecule has 1 N–H and O–H groups in total. The van der Waals surface area contributed by atoms with Gasteiger partial charge in [0, 0.05) is 12.6 Å². The molecule has 0 radical (unpaired) electrons. The SMILES string of the molecule is CN1CCC(Nc2c(Cl)cnn(CC3CCC3)c2=O)CC1. The van der Waals surface area contributed by atoms with Gasteiger partial charge in [0.2, 0.25) is 0 Å². The molecule has 1 aliphatic carbocycles. The van der Waals surface area contributed by atoms with Crippen molar-refractivity contribution >= 4 is 17.3 Å². The fourth-order valence-electron chi connectivity index (χ4n) is 3.01. The third-order valence-corrected chi connectivity index (χ3v) is 5.01. The molecule has 1 aromatic heterocycles. The standard InChI is InChI=1S/C15H23ClN4O/c1-19-7-5-12(6-8-19)18-14-13(16)9-17-20(15(14)21)10-11-3-2-4-11/h9,11-12,18H,2-8,10H2,1H3. The molecule has 0 aromatic carbocycles. The summed E-state index contributed by atoms with van der Waals surface area (Å²) in [7, 11) is 2.13. The largest absolute Gasteiger partial charge is 0.376 e. The first-order chi connectivity index (χ1) is 10.1. The van der Waals surface area contributed by atoms with Crippen LogP contribution in [0.3, 0.4) is 0 Å². The highest BCUT2D eigenvalue weighted by molar-refractivity contribution is 6.33. The van der Waals surface area contributed by atoms with Gasteiger partial charge in [-0.15, -0.1) is 0 Å². The van der Waals surface area contributed by atoms with Crippen LogP contribution in [0.5, 0.6) is 0 Å². The summed E-state index contributed by atoms with van der Waals surface area (Å²) in [5.41, 5.74) is 0.453. The summed E-state index contributed by atoms with van der Waals surface area (Å²) < 4.78 is 1.58. The van der Waals surface area contributed by atoms with Crippen molar-refractivity contribution in [3.05, 3.63) is 21.6 Å². The zero-order chi connectivity index (χ0) is 14.8. The van der Waals surface area contributed by atoms with E-state index in [1.165, 1.54) is 19.3 Å². The molecule has 3 rings (SSSR count). The van der Waals surface area contributed by atoms with Crippen LogP contribution in [0.25, 0.3) is 0 Å². The van der Waals surface area contributed by atoms with Crippen LogP contribution in [-0.4, -0.2) is 40.9 Å². The van der Waals surface area contributed by atoms with Gasteiger partial charge in [0.15, 0.2) is 0 Å². The van der Waals surface area contributed by atoms with E-state index in [4.69, 9.17) is 11.6 Å². The van der Waals surface area contributed by atoms with Crippen molar-refractivity contribution in [3.8, 4) is 0 Å². The highest BCUT2D eigenvalue weighted by atomic mass is 35.5. The van der Waals surface area contributed by atoms with Crippen LogP contribution in [0.4, 0.5) is 5.69 Å². The minimum Gasteiger partial charge on any atom is -0.376 e. The number of likely N-dealkylation sites (tertiary alicyclic amines) is 1. The van der Waals surface area contributed by atoms with E-state index in [0.717, 1.165) is 32.5 Å². The average molecular weight is 311 g/mol. The van der Waals surface area contributed by atoms with Crippen LogP contribution in [0.2, 0.25) is 5.02 Å². The molecule has 2 aliphatic rings. The predicted molar refractivity (Wildman–Crippen MR) is 85.0 cm³/mol. The molecule has 0 bridgehead atoms. The molecule has 1 saturated carbocycles. The molecule has 6 heteroatoms. The van der Waals surface area contributed by atoms with E-state index in [9.17, 15) is 4.79 Å². The van der Waals surface area contributed by atoms with Crippen molar-refractivity contribution in [1.82, 2.24) is 14.7 Å². The van der Waals surface area contributed by atoms with Crippen molar-refractivity contribution in [1.29, 1.82) is 0 Å². The molecule has 116 valence electrons. The van der Waals surface area contributed by atoms with E-state index in [0.29, 0.717) is 22.7 Å². The van der Waals surface area contributed by atoms with E-state index < -0.39 is 0 Å². The van der Waals surface area contributed by atoms with Gasteiger partial charge in [-0.1, -0.05) is 18.0 Å². The summed E-state index contributed by atoms with van der Waals surface area (Å²) in [6.45, 7) is 2.82. The van der Waals surface area contributed by atoms with Crippen LogP contribution in [0.15, 0.2) is 11.0 Å². The lowest BCUT2D eigenvalue weighted by atomic mass is 9.85. The Bertz CT molecular complexity index is 547. The van der Waals surface area contributed by atoms with Gasteiger partial charge in [0.1, 0.15) is 5.69 Å². The summed E-state index contributed by atoms with van der Waals surface area (Å²) in [4.78, 5) is 14.9. The Labute approximate surface area is 130 Å². The van der Waals surface area contributed by atoms with Crippen molar-refractivity contribution in [2.75, 3.05) is 25.5 Å². The second kappa shape index (κ2) is 6.36. The highest BCUT2D eigenvalue weighted by Gasteiger charge is 2.22. The minimum absolute atomic E-state index is 0.0756. The van der Waals surface area contributed by atoms with Gasteiger partial charge in [-0.05, 0) is 51.7 Å². The Hall–Kier alpha value is -1.07. The van der Waals surface area contributed by atoms with E-state index >= 15 is 0 Å². The maximum atomic E-state index is 12.5. The number of nitrogens with one attached hydrogen (secondary N) is 1. The van der Waals surface area contributed by atoms with Gasteiger partial charge in [0.05, 0.1) is 11.2 Å². The average Bonchev–Trinajstić information content (AvgIpc) is 2.43. The van der Waals surface area contributed by atoms with Crippen LogP contribution in [0, 0.1) is 5.92 Å². The number of hydrogen-bond donors (Lipinski definition) is 1. The zero-order valence-electron chi connectivity index (χ0n) is 12.5. The van der Waals surface area contributed by atoms with Crippen LogP contribution in [-0.2, 0) is 6.54 Å². The first-order valence-electron chi connectivity index (χ1n) is 7.84. The third kappa shape index (κ3) is 3.40. The number of halogens is 1. The second-order valence-corrected chi connectivity index (χ2v) is 6.78. The number of piperidine rings is 1. The second-order valence-electron chi connectivity index (χ2n) is 6.37. The third-order valence-electron chi connectivity index (χ3n) is 4.72. The van der Waals surface area contributed by atoms with Crippen molar-refractivity contribution in [2.45, 2.75) is 44.7 Å². The quantitative estimate of drug-likeness (QED) is 0.926. The van der Waals surface area contributed by atoms with Gasteiger partial charge in [-0.2, -0.15) is 5.10 Å². The topological polar surface area (TPSA) is 50.2 Å². The molecule has 0 amide bonds. The molecule has 1 aliphatic heterocycles. The molecule has 5 nitrogen and oxygen atoms in total. The lowest BCUT2D eigenvalue weighted by Gasteiger charge is -2.30. The zero-order valence-corrected chi connectivity index (χ0v) is 13.3. The van der Waals surface area contributed by atoms with Gasteiger partial charge < -0.3 is 10.2 Å². The number of aromatic nitrogens is 2. The monoisotopic (exact) mass is 310 g/mol. The van der Waals surface area contributed by atoms with E-state index in [-0.39, 0.29) is 5.56 Å². The summed E-state index contributed by atoms with van der Waals surface area (Å²) in [5.74, 6) is 0.604. The Morgan fingerprint density at radius 2 is 2.05 bits per heavy atom. The summed E-state index contributed by atoms with van der Waals surface area (Å²) in [5, 5.41) is 7.98. The fourth-order valence-corrected chi connectivity index (χ4v) is 3.19. The van der Waals surface area contributed by atoms with Crippen LogP contribution >= 0.6 is 11.6 Å². The highest BCUT2D eigenvalue weighted by Crippen LogP contribution is 2.27. The lowest BCUT2D eigenvalue weighted by Crippen LogP contribution is -2.39. The van der Waals surface area contributed by atoms with Crippen LogP contribution in [0.1, 0.15) is 32.1 Å². The van der Waals surface area contributed by atoms with Crippen molar-refractivity contribution in [2.24, 2.45) is 5.92 Å². The Balaban J connectivity index is 1.73. The maximum Gasteiger partial charge on any atom is 0.291 e. The summed E-state index contributed by atoms with van der Waals surface area (Å²) in [6, 6.07) is 0.325. The smallest absolute Gasteiger partial charge is 0.291 e. The van der Waals surface area contributed by atoms with Crippen LogP contribution < -0.4 is 10.9 Å². The molecule has 2 heterocycles. The van der Waals surface area contributed by atoms with E-state index in [1.807, 2.05) is 0 Å². The Morgan fingerprint density at radius 3 is 2.67 bits per heavy atom. The van der Waals surface area contributed by atoms with E-state index in [1.54, 1.807) is 10.9 Å². The molecule has 0 unspecified atom stereocenters. The van der Waals surface area contributed by atoms with Gasteiger partial charge in [-0.3, -0.25) is 4.79 Å². The maximum absolute atomic E-state index is 12.5. The Kier molecular flexibility index (Phi) is 4.50. The molecule has 1 aromatic rings. The number of rotatable bonds is 4. The molecular weight excluding hydrogens is 288 g/mol. The molecule has 0 atom stereocenters. The van der Waals surface area contributed by atoms with Gasteiger partial charge >= 0.3 is 0 Å². The number of nitrogens with zero attached hydrogens (tertiary/aromatic N) is 3. The molecule has 21 heavy (non-hydrogen) atoms. The lowest BCUT2D eigenvalue weighted by molar-refractivity contribution is 0.260. The van der Waals surface area contributed by atoms with Crippen molar-refractivity contribution < 1.29 is 0 Å². The minimum atomic E-state index is -0.0756. The first-order valence-corrected chi connectivity index (χ1v) is 8.22. The summed E-state index contributed by atoms with van der Waals surface area (Å²) in [6.07, 6.45) is 7.35. The normalized spacial score (nSPS) is 21.2. The van der Waals surface area contributed by atoms with E-state index in [2.05, 4.69) is 22.4 Å². The summed E-state index contributed by atoms with van der Waals surface area (Å²) >= 11 is 6.19. The molecule has 0 spiro atoms. The number of anilines is 1. The fraction of sp³-hybridized carbons (Fsp3) is 0.733. The Morgan fingerprint density at radius 1 is 1.33 bits per heavy atom. The predicted octanol–water partition coefficient (Wildman–Crippen LogP) is 2.20. The van der Waals surface area contributed by atoms with Gasteiger partial charge in [0.25, 0.3) is 5.56 Å². The molecule has 2 fully saturated rings. The van der Waals surface area contributed by atoms with Gasteiger partial charge in [-0.25, -0.2) is 4.68 Å². The number of hydrogen-bond acceptors (Lipinski definition) is 4. The molecule has 1 saturated heterocycles. The van der Waals surface area contributed by atoms with Crippen molar-refractivity contribution in [3.63, 3.8) is 0 Å². The first kappa shape index (κ1) is 14.9.